The Labute approximate surface area is 209 Å². The van der Waals surface area contributed by atoms with Crippen molar-refractivity contribution in [2.45, 2.75) is 39.3 Å². The van der Waals surface area contributed by atoms with Crippen molar-refractivity contribution >= 4 is 17.5 Å². The average molecular weight is 482 g/mol. The smallest absolute Gasteiger partial charge is 0.258 e. The van der Waals surface area contributed by atoms with Gasteiger partial charge in [0.25, 0.3) is 11.8 Å². The first-order valence-electron chi connectivity index (χ1n) is 11.9. The molecule has 1 aliphatic rings. The summed E-state index contributed by atoms with van der Waals surface area (Å²) in [6, 6.07) is 14.7. The van der Waals surface area contributed by atoms with Crippen molar-refractivity contribution in [1.29, 1.82) is 0 Å². The van der Waals surface area contributed by atoms with Gasteiger partial charge >= 0.3 is 0 Å². The van der Waals surface area contributed by atoms with Gasteiger partial charge < -0.3 is 10.2 Å². The highest BCUT2D eigenvalue weighted by atomic mass is 16.2. The molecular weight excluding hydrogens is 454 g/mol. The Kier molecular flexibility index (Phi) is 6.28. The lowest BCUT2D eigenvalue weighted by atomic mass is 9.98. The first-order valence-corrected chi connectivity index (χ1v) is 11.9. The molecule has 0 bridgehead atoms. The van der Waals surface area contributed by atoms with E-state index in [0.29, 0.717) is 29.2 Å². The molecule has 0 aliphatic carbocycles. The van der Waals surface area contributed by atoms with Gasteiger partial charge in [-0.1, -0.05) is 18.2 Å². The summed E-state index contributed by atoms with van der Waals surface area (Å²) < 4.78 is 1.80. The largest absolute Gasteiger partial charge is 0.346 e. The number of rotatable bonds is 6. The number of aromatic nitrogens is 5. The molecule has 2 amide bonds. The maximum absolute atomic E-state index is 13.4. The minimum absolute atomic E-state index is 0.0993. The second kappa shape index (κ2) is 9.69. The molecule has 0 spiro atoms. The second-order valence-electron chi connectivity index (χ2n) is 9.12. The molecule has 0 fully saturated rings. The Bertz CT molecular complexity index is 1400. The lowest BCUT2D eigenvalue weighted by Crippen LogP contribution is -2.30. The molecule has 1 N–H and O–H groups in total. The molecule has 2 aromatic carbocycles. The number of aryl methyl sites for hydroxylation is 1. The highest BCUT2D eigenvalue weighted by Gasteiger charge is 2.36. The number of fused-ring (bicyclic) bond motifs is 1. The third kappa shape index (κ3) is 4.59. The molecule has 2 aromatic heterocycles. The van der Waals surface area contributed by atoms with E-state index in [9.17, 15) is 9.59 Å². The molecule has 182 valence electrons. The molecule has 9 heteroatoms. The zero-order valence-corrected chi connectivity index (χ0v) is 20.4. The Morgan fingerprint density at radius 1 is 1.03 bits per heavy atom. The van der Waals surface area contributed by atoms with E-state index < -0.39 is 0 Å². The number of nitrogens with zero attached hydrogens (tertiary/aromatic N) is 6. The van der Waals surface area contributed by atoms with Gasteiger partial charge in [-0.05, 0) is 56.7 Å². The molecule has 0 radical (unpaired) electrons. The predicted molar refractivity (Wildman–Crippen MR) is 135 cm³/mol. The van der Waals surface area contributed by atoms with Crippen molar-refractivity contribution in [3.63, 3.8) is 0 Å². The van der Waals surface area contributed by atoms with E-state index >= 15 is 0 Å². The van der Waals surface area contributed by atoms with Crippen LogP contribution in [0.15, 0.2) is 67.3 Å². The quantitative estimate of drug-likeness (QED) is 0.450. The minimum atomic E-state index is -0.247. The van der Waals surface area contributed by atoms with E-state index in [1.165, 1.54) is 0 Å². The number of nitrogens with one attached hydrogen (secondary N) is 1. The van der Waals surface area contributed by atoms with E-state index in [4.69, 9.17) is 0 Å². The van der Waals surface area contributed by atoms with E-state index in [1.54, 1.807) is 46.5 Å². The number of hydrogen-bond acceptors (Lipinski definition) is 6. The number of amides is 2. The maximum Gasteiger partial charge on any atom is 0.258 e. The zero-order valence-electron chi connectivity index (χ0n) is 20.4. The fourth-order valence-corrected chi connectivity index (χ4v) is 4.23. The molecule has 0 saturated carbocycles. The van der Waals surface area contributed by atoms with Gasteiger partial charge in [0.15, 0.2) is 5.82 Å². The maximum atomic E-state index is 13.4. The number of benzene rings is 2. The highest BCUT2D eigenvalue weighted by molar-refractivity contribution is 6.08. The summed E-state index contributed by atoms with van der Waals surface area (Å²) in [5.74, 6) is 0.0504. The molecule has 36 heavy (non-hydrogen) atoms. The van der Waals surface area contributed by atoms with Crippen LogP contribution in [0, 0.1) is 6.92 Å². The molecule has 1 aliphatic heterocycles. The fourth-order valence-electron chi connectivity index (χ4n) is 4.23. The van der Waals surface area contributed by atoms with Crippen molar-refractivity contribution in [3.05, 3.63) is 101 Å². The lowest BCUT2D eigenvalue weighted by molar-refractivity contribution is 0.0949. The molecule has 9 nitrogen and oxygen atoms in total. The van der Waals surface area contributed by atoms with Crippen molar-refractivity contribution < 1.29 is 9.59 Å². The van der Waals surface area contributed by atoms with Crippen LogP contribution in [0.25, 0.3) is 0 Å². The van der Waals surface area contributed by atoms with Crippen LogP contribution in [0.1, 0.15) is 69.3 Å². The van der Waals surface area contributed by atoms with Crippen molar-refractivity contribution in [3.8, 4) is 0 Å². The Morgan fingerprint density at radius 3 is 2.53 bits per heavy atom. The third-order valence-electron chi connectivity index (χ3n) is 6.22. The van der Waals surface area contributed by atoms with Crippen LogP contribution in [0.5, 0.6) is 0 Å². The standard InChI is InChI=1S/C27H27N7O2/c1-17(2)34-16-31-25(32-34)23-15-33(27(36)19-7-5-4-6-8-19)24-10-9-20(11-22(23)24)26(35)30-14-21-13-28-18(3)12-29-21/h4-13,16-17,23H,14-15H2,1-3H3,(H,30,35). The SMILES string of the molecule is Cc1cnc(CNC(=O)c2ccc3c(c2)C(c2ncn(C(C)C)n2)CN3C(=O)c2ccccc2)cn1. The van der Waals surface area contributed by atoms with Gasteiger partial charge in [0.2, 0.25) is 0 Å². The number of anilines is 1. The van der Waals surface area contributed by atoms with Gasteiger partial charge in [0.05, 0.1) is 30.0 Å². The summed E-state index contributed by atoms with van der Waals surface area (Å²) in [4.78, 5) is 41.2. The van der Waals surface area contributed by atoms with E-state index in [-0.39, 0.29) is 30.3 Å². The van der Waals surface area contributed by atoms with Gasteiger partial charge in [-0.15, -0.1) is 0 Å². The number of hydrogen-bond donors (Lipinski definition) is 1. The van der Waals surface area contributed by atoms with E-state index in [2.05, 4.69) is 25.4 Å². The van der Waals surface area contributed by atoms with Crippen LogP contribution in [-0.4, -0.2) is 43.1 Å². The summed E-state index contributed by atoms with van der Waals surface area (Å²) in [7, 11) is 0. The lowest BCUT2D eigenvalue weighted by Gasteiger charge is -2.18. The first kappa shape index (κ1) is 23.3. The molecule has 1 atom stereocenters. The Hall–Kier alpha value is -4.40. The number of carbonyl (C=O) groups excluding carboxylic acids is 2. The van der Waals surface area contributed by atoms with Crippen LogP contribution in [0.2, 0.25) is 0 Å². The number of carbonyl (C=O) groups is 2. The van der Waals surface area contributed by atoms with Crippen LogP contribution in [0.4, 0.5) is 5.69 Å². The van der Waals surface area contributed by atoms with Crippen LogP contribution in [0.3, 0.4) is 0 Å². The molecular formula is C27H27N7O2. The monoisotopic (exact) mass is 481 g/mol. The summed E-state index contributed by atoms with van der Waals surface area (Å²) in [5.41, 5.74) is 4.20. The average Bonchev–Trinajstić information content (AvgIpc) is 3.53. The van der Waals surface area contributed by atoms with Crippen molar-refractivity contribution in [1.82, 2.24) is 30.0 Å². The second-order valence-corrected chi connectivity index (χ2v) is 9.12. The molecule has 1 unspecified atom stereocenters. The van der Waals surface area contributed by atoms with E-state index in [0.717, 1.165) is 16.9 Å². The summed E-state index contributed by atoms with van der Waals surface area (Å²) in [6.07, 6.45) is 5.03. The summed E-state index contributed by atoms with van der Waals surface area (Å²) >= 11 is 0. The van der Waals surface area contributed by atoms with E-state index in [1.807, 2.05) is 51.1 Å². The first-order chi connectivity index (χ1) is 17.4. The van der Waals surface area contributed by atoms with Crippen LogP contribution >= 0.6 is 0 Å². The van der Waals surface area contributed by atoms with Gasteiger partial charge in [-0.2, -0.15) is 5.10 Å². The molecule has 5 rings (SSSR count). The topological polar surface area (TPSA) is 106 Å². The van der Waals surface area contributed by atoms with Crippen molar-refractivity contribution in [2.24, 2.45) is 0 Å². The van der Waals surface area contributed by atoms with Gasteiger partial charge in [-0.25, -0.2) is 4.98 Å². The Morgan fingerprint density at radius 2 is 1.83 bits per heavy atom. The van der Waals surface area contributed by atoms with Crippen LogP contribution in [-0.2, 0) is 6.54 Å². The molecule has 0 saturated heterocycles. The highest BCUT2D eigenvalue weighted by Crippen LogP contribution is 2.40. The predicted octanol–water partition coefficient (Wildman–Crippen LogP) is 3.68. The zero-order chi connectivity index (χ0) is 25.2. The van der Waals surface area contributed by atoms with Crippen molar-refractivity contribution in [2.75, 3.05) is 11.4 Å². The normalized spacial score (nSPS) is 14.7. The van der Waals surface area contributed by atoms with Gasteiger partial charge in [-0.3, -0.25) is 24.2 Å². The third-order valence-corrected chi connectivity index (χ3v) is 6.22. The molecule has 4 aromatic rings. The summed E-state index contributed by atoms with van der Waals surface area (Å²) in [5, 5.41) is 7.57. The summed E-state index contributed by atoms with van der Waals surface area (Å²) in [6.45, 7) is 6.60. The van der Waals surface area contributed by atoms with Crippen LogP contribution < -0.4 is 10.2 Å². The molecule has 3 heterocycles. The van der Waals surface area contributed by atoms with Gasteiger partial charge in [0, 0.05) is 35.6 Å². The fraction of sp³-hybridized carbons (Fsp3) is 0.259. The van der Waals surface area contributed by atoms with Gasteiger partial charge in [0.1, 0.15) is 6.33 Å². The minimum Gasteiger partial charge on any atom is -0.346 e. The Balaban J connectivity index is 1.45.